The minimum Gasteiger partial charge on any atom is -0.493 e. The highest BCUT2D eigenvalue weighted by Crippen LogP contribution is 2.44. The van der Waals surface area contributed by atoms with E-state index in [0.717, 1.165) is 24.3 Å². The van der Waals surface area contributed by atoms with E-state index >= 15 is 0 Å². The van der Waals surface area contributed by atoms with Gasteiger partial charge in [-0.2, -0.15) is 0 Å². The van der Waals surface area contributed by atoms with E-state index in [1.807, 2.05) is 19.2 Å². The summed E-state index contributed by atoms with van der Waals surface area (Å²) < 4.78 is 22.1. The third-order valence-corrected chi connectivity index (χ3v) is 4.08. The summed E-state index contributed by atoms with van der Waals surface area (Å²) in [4.78, 5) is 0. The van der Waals surface area contributed by atoms with Crippen molar-refractivity contribution in [3.8, 4) is 17.2 Å². The Morgan fingerprint density at radius 3 is 2.33 bits per heavy atom. The standard InChI is InChI=1S/C16H25NO4/c1-10-8-11(9-21-10)14(17-2)12-6-7-13(18-3)16(20-5)15(12)19-4/h6-7,10-11,14,17H,8-9H2,1-5H3. The summed E-state index contributed by atoms with van der Waals surface area (Å²) in [5.74, 6) is 2.43. The molecule has 0 aliphatic carbocycles. The number of nitrogens with one attached hydrogen (secondary N) is 1. The third-order valence-electron chi connectivity index (χ3n) is 4.08. The van der Waals surface area contributed by atoms with Gasteiger partial charge >= 0.3 is 0 Å². The Labute approximate surface area is 126 Å². The van der Waals surface area contributed by atoms with E-state index in [1.54, 1.807) is 21.3 Å². The number of hydrogen-bond donors (Lipinski definition) is 1. The lowest BCUT2D eigenvalue weighted by molar-refractivity contribution is 0.117. The SMILES string of the molecule is CNC(c1ccc(OC)c(OC)c1OC)C1COC(C)C1. The van der Waals surface area contributed by atoms with E-state index in [1.165, 1.54) is 0 Å². The highest BCUT2D eigenvalue weighted by Gasteiger charge is 2.32. The largest absolute Gasteiger partial charge is 0.493 e. The second kappa shape index (κ2) is 7.00. The summed E-state index contributed by atoms with van der Waals surface area (Å²) in [5, 5.41) is 3.39. The molecule has 5 heteroatoms. The molecule has 1 aliphatic rings. The monoisotopic (exact) mass is 295 g/mol. The van der Waals surface area contributed by atoms with Crippen LogP contribution in [0, 0.1) is 5.92 Å². The molecule has 2 rings (SSSR count). The van der Waals surface area contributed by atoms with Gasteiger partial charge in [0.1, 0.15) is 0 Å². The van der Waals surface area contributed by atoms with Crippen molar-refractivity contribution in [1.29, 1.82) is 0 Å². The molecule has 0 bridgehead atoms. The minimum atomic E-state index is 0.157. The van der Waals surface area contributed by atoms with Gasteiger partial charge in [0.05, 0.1) is 34.0 Å². The normalized spacial score (nSPS) is 22.9. The Balaban J connectivity index is 2.41. The Kier molecular flexibility index (Phi) is 5.31. The molecule has 3 unspecified atom stereocenters. The van der Waals surface area contributed by atoms with Crippen LogP contribution in [0.3, 0.4) is 0 Å². The molecule has 5 nitrogen and oxygen atoms in total. The molecular weight excluding hydrogens is 270 g/mol. The molecule has 1 fully saturated rings. The maximum absolute atomic E-state index is 5.71. The molecule has 1 aromatic rings. The summed E-state index contributed by atoms with van der Waals surface area (Å²) in [6.45, 7) is 2.86. The smallest absolute Gasteiger partial charge is 0.203 e. The van der Waals surface area contributed by atoms with Crippen LogP contribution in [0.1, 0.15) is 24.9 Å². The number of rotatable bonds is 6. The zero-order valence-corrected chi connectivity index (χ0v) is 13.4. The molecule has 1 aliphatic heterocycles. The van der Waals surface area contributed by atoms with Crippen LogP contribution in [0.15, 0.2) is 12.1 Å². The third kappa shape index (κ3) is 3.09. The quantitative estimate of drug-likeness (QED) is 0.873. The van der Waals surface area contributed by atoms with Crippen molar-refractivity contribution >= 4 is 0 Å². The summed E-state index contributed by atoms with van der Waals surface area (Å²) in [6.07, 6.45) is 1.33. The molecule has 118 valence electrons. The van der Waals surface area contributed by atoms with Crippen molar-refractivity contribution in [3.05, 3.63) is 17.7 Å². The lowest BCUT2D eigenvalue weighted by Gasteiger charge is -2.26. The highest BCUT2D eigenvalue weighted by atomic mass is 16.5. The second-order valence-corrected chi connectivity index (χ2v) is 5.33. The van der Waals surface area contributed by atoms with Crippen LogP contribution in [0.2, 0.25) is 0 Å². The molecule has 0 radical (unpaired) electrons. The van der Waals surface area contributed by atoms with Crippen molar-refractivity contribution in [2.24, 2.45) is 5.92 Å². The van der Waals surface area contributed by atoms with E-state index in [4.69, 9.17) is 18.9 Å². The van der Waals surface area contributed by atoms with Gasteiger partial charge in [0.2, 0.25) is 5.75 Å². The topological polar surface area (TPSA) is 49.0 Å². The lowest BCUT2D eigenvalue weighted by Crippen LogP contribution is -2.26. The first kappa shape index (κ1) is 15.9. The van der Waals surface area contributed by atoms with Crippen LogP contribution in [0.25, 0.3) is 0 Å². The van der Waals surface area contributed by atoms with Crippen LogP contribution < -0.4 is 19.5 Å². The van der Waals surface area contributed by atoms with Gasteiger partial charge in [0.15, 0.2) is 11.5 Å². The van der Waals surface area contributed by atoms with Crippen LogP contribution in [0.5, 0.6) is 17.2 Å². The predicted octanol–water partition coefficient (Wildman–Crippen LogP) is 2.40. The average Bonchev–Trinajstić information content (AvgIpc) is 2.93. The molecule has 1 saturated heterocycles. The van der Waals surface area contributed by atoms with Gasteiger partial charge in [-0.25, -0.2) is 0 Å². The van der Waals surface area contributed by atoms with E-state index < -0.39 is 0 Å². The van der Waals surface area contributed by atoms with Crippen molar-refractivity contribution in [3.63, 3.8) is 0 Å². The number of methoxy groups -OCH3 is 3. The maximum atomic E-state index is 5.71. The van der Waals surface area contributed by atoms with Gasteiger partial charge in [-0.1, -0.05) is 0 Å². The fourth-order valence-corrected chi connectivity index (χ4v) is 3.10. The van der Waals surface area contributed by atoms with E-state index in [0.29, 0.717) is 23.5 Å². The van der Waals surface area contributed by atoms with Crippen molar-refractivity contribution < 1.29 is 18.9 Å². The molecule has 1 N–H and O–H groups in total. The molecule has 3 atom stereocenters. The Morgan fingerprint density at radius 1 is 1.14 bits per heavy atom. The maximum Gasteiger partial charge on any atom is 0.203 e. The van der Waals surface area contributed by atoms with E-state index in [-0.39, 0.29) is 6.04 Å². The van der Waals surface area contributed by atoms with Crippen molar-refractivity contribution in [1.82, 2.24) is 5.32 Å². The van der Waals surface area contributed by atoms with Crippen LogP contribution >= 0.6 is 0 Å². The number of hydrogen-bond acceptors (Lipinski definition) is 5. The second-order valence-electron chi connectivity index (χ2n) is 5.33. The Hall–Kier alpha value is -1.46. The van der Waals surface area contributed by atoms with Gasteiger partial charge in [-0.05, 0) is 32.5 Å². The fourth-order valence-electron chi connectivity index (χ4n) is 3.10. The molecular formula is C16H25NO4. The average molecular weight is 295 g/mol. The van der Waals surface area contributed by atoms with Gasteiger partial charge in [-0.15, -0.1) is 0 Å². The molecule has 1 aromatic carbocycles. The molecule has 0 amide bonds. The first-order chi connectivity index (χ1) is 10.2. The van der Waals surface area contributed by atoms with Gasteiger partial charge in [-0.3, -0.25) is 0 Å². The molecule has 0 aromatic heterocycles. The summed E-state index contributed by atoms with van der Waals surface area (Å²) >= 11 is 0. The van der Waals surface area contributed by atoms with Crippen LogP contribution in [-0.4, -0.2) is 41.1 Å². The van der Waals surface area contributed by atoms with Gasteiger partial charge < -0.3 is 24.3 Å². The predicted molar refractivity (Wildman–Crippen MR) is 81.4 cm³/mol. The van der Waals surface area contributed by atoms with Gasteiger partial charge in [0, 0.05) is 17.5 Å². The zero-order chi connectivity index (χ0) is 15.4. The van der Waals surface area contributed by atoms with Crippen molar-refractivity contribution in [2.75, 3.05) is 35.0 Å². The zero-order valence-electron chi connectivity index (χ0n) is 13.4. The lowest BCUT2D eigenvalue weighted by atomic mass is 9.90. The molecule has 0 saturated carbocycles. The first-order valence-electron chi connectivity index (χ1n) is 7.23. The van der Waals surface area contributed by atoms with Crippen LogP contribution in [0.4, 0.5) is 0 Å². The highest BCUT2D eigenvalue weighted by molar-refractivity contribution is 5.56. The number of ether oxygens (including phenoxy) is 4. The molecule has 0 spiro atoms. The first-order valence-corrected chi connectivity index (χ1v) is 7.23. The number of benzene rings is 1. The van der Waals surface area contributed by atoms with E-state index in [2.05, 4.69) is 12.2 Å². The summed E-state index contributed by atoms with van der Waals surface area (Å²) in [7, 11) is 6.86. The van der Waals surface area contributed by atoms with Gasteiger partial charge in [0.25, 0.3) is 0 Å². The fraction of sp³-hybridized carbons (Fsp3) is 0.625. The molecule has 1 heterocycles. The Morgan fingerprint density at radius 2 is 1.86 bits per heavy atom. The minimum absolute atomic E-state index is 0.157. The van der Waals surface area contributed by atoms with Crippen LogP contribution in [-0.2, 0) is 4.74 Å². The molecule has 21 heavy (non-hydrogen) atoms. The van der Waals surface area contributed by atoms with E-state index in [9.17, 15) is 0 Å². The van der Waals surface area contributed by atoms with Crippen molar-refractivity contribution in [2.45, 2.75) is 25.5 Å². The Bertz CT molecular complexity index is 478. The summed E-state index contributed by atoms with van der Waals surface area (Å²) in [6, 6.07) is 4.11. The summed E-state index contributed by atoms with van der Waals surface area (Å²) in [5.41, 5.74) is 1.07.